The monoisotopic (exact) mass is 450 g/mol. The largest absolute Gasteiger partial charge is 0.345 e. The van der Waals surface area contributed by atoms with Gasteiger partial charge in [-0.1, -0.05) is 76.6 Å². The standard InChI is InChI=1S/C24H23BrN2O2/c1-27(17-18-12-14-21(25)15-13-18)23(28)16-22(19-8-4-2-5-9-19)26-24(29)20-10-6-3-7-11-20/h2-15,22H,16-17H2,1H3,(H,26,29). The predicted molar refractivity (Wildman–Crippen MR) is 118 cm³/mol. The Morgan fingerprint density at radius 2 is 1.48 bits per heavy atom. The van der Waals surface area contributed by atoms with Gasteiger partial charge in [0, 0.05) is 23.6 Å². The molecule has 0 saturated heterocycles. The first-order chi connectivity index (χ1) is 14.0. The molecule has 0 spiro atoms. The smallest absolute Gasteiger partial charge is 0.251 e. The highest BCUT2D eigenvalue weighted by atomic mass is 79.9. The summed E-state index contributed by atoms with van der Waals surface area (Å²) in [7, 11) is 1.78. The fourth-order valence-electron chi connectivity index (χ4n) is 3.05. The number of benzene rings is 3. The van der Waals surface area contributed by atoms with Gasteiger partial charge in [-0.25, -0.2) is 0 Å². The lowest BCUT2D eigenvalue weighted by atomic mass is 10.0. The number of nitrogens with zero attached hydrogens (tertiary/aromatic N) is 1. The van der Waals surface area contributed by atoms with Gasteiger partial charge in [0.05, 0.1) is 12.5 Å². The molecule has 1 N–H and O–H groups in total. The van der Waals surface area contributed by atoms with Gasteiger partial charge in [-0.05, 0) is 35.4 Å². The van der Waals surface area contributed by atoms with Crippen molar-refractivity contribution in [2.45, 2.75) is 19.0 Å². The lowest BCUT2D eigenvalue weighted by Crippen LogP contribution is -2.34. The minimum atomic E-state index is -0.399. The van der Waals surface area contributed by atoms with Crippen LogP contribution in [0.15, 0.2) is 89.4 Å². The highest BCUT2D eigenvalue weighted by Crippen LogP contribution is 2.20. The summed E-state index contributed by atoms with van der Waals surface area (Å²) < 4.78 is 1.00. The van der Waals surface area contributed by atoms with Gasteiger partial charge in [0.2, 0.25) is 5.91 Å². The van der Waals surface area contributed by atoms with Crippen LogP contribution in [0.2, 0.25) is 0 Å². The minimum Gasteiger partial charge on any atom is -0.345 e. The molecule has 3 aromatic rings. The number of hydrogen-bond donors (Lipinski definition) is 1. The molecule has 1 unspecified atom stereocenters. The Morgan fingerprint density at radius 1 is 0.897 bits per heavy atom. The van der Waals surface area contributed by atoms with E-state index in [-0.39, 0.29) is 18.2 Å². The quantitative estimate of drug-likeness (QED) is 0.552. The summed E-state index contributed by atoms with van der Waals surface area (Å²) in [4.78, 5) is 27.2. The van der Waals surface area contributed by atoms with Crippen LogP contribution in [-0.2, 0) is 11.3 Å². The average molecular weight is 451 g/mol. The van der Waals surface area contributed by atoms with Gasteiger partial charge in [0.1, 0.15) is 0 Å². The lowest BCUT2D eigenvalue weighted by molar-refractivity contribution is -0.130. The van der Waals surface area contributed by atoms with Crippen molar-refractivity contribution in [3.05, 3.63) is 106 Å². The summed E-state index contributed by atoms with van der Waals surface area (Å²) in [5, 5.41) is 3.01. The Labute approximate surface area is 179 Å². The van der Waals surface area contributed by atoms with Gasteiger partial charge in [0.15, 0.2) is 0 Å². The number of carbonyl (C=O) groups is 2. The first kappa shape index (κ1) is 20.8. The maximum Gasteiger partial charge on any atom is 0.251 e. The van der Waals surface area contributed by atoms with Crippen LogP contribution in [0.3, 0.4) is 0 Å². The van der Waals surface area contributed by atoms with Crippen molar-refractivity contribution in [3.8, 4) is 0 Å². The summed E-state index contributed by atoms with van der Waals surface area (Å²) in [5.74, 6) is -0.224. The van der Waals surface area contributed by atoms with Crippen LogP contribution in [0.5, 0.6) is 0 Å². The molecule has 0 bridgehead atoms. The Hall–Kier alpha value is -2.92. The first-order valence-corrected chi connectivity index (χ1v) is 10.2. The second kappa shape index (κ2) is 10.0. The van der Waals surface area contributed by atoms with Crippen molar-refractivity contribution >= 4 is 27.7 Å². The van der Waals surface area contributed by atoms with Gasteiger partial charge in [-0.3, -0.25) is 9.59 Å². The molecule has 0 aliphatic rings. The highest BCUT2D eigenvalue weighted by Gasteiger charge is 2.21. The molecule has 0 radical (unpaired) electrons. The van der Waals surface area contributed by atoms with Gasteiger partial charge in [-0.2, -0.15) is 0 Å². The van der Waals surface area contributed by atoms with Crippen LogP contribution in [0.4, 0.5) is 0 Å². The molecule has 0 saturated carbocycles. The zero-order valence-corrected chi connectivity index (χ0v) is 17.8. The van der Waals surface area contributed by atoms with E-state index in [1.165, 1.54) is 0 Å². The molecule has 2 amide bonds. The molecule has 1 atom stereocenters. The maximum atomic E-state index is 12.9. The van der Waals surface area contributed by atoms with Gasteiger partial charge < -0.3 is 10.2 Å². The Morgan fingerprint density at radius 3 is 2.10 bits per heavy atom. The Bertz CT molecular complexity index is 944. The maximum absolute atomic E-state index is 12.9. The minimum absolute atomic E-state index is 0.0323. The van der Waals surface area contributed by atoms with E-state index in [0.717, 1.165) is 15.6 Å². The molecule has 0 aliphatic carbocycles. The molecule has 0 aromatic heterocycles. The molecule has 5 heteroatoms. The average Bonchev–Trinajstić information content (AvgIpc) is 2.76. The number of rotatable bonds is 7. The second-order valence-corrected chi connectivity index (χ2v) is 7.80. The van der Waals surface area contributed by atoms with E-state index in [1.54, 1.807) is 24.1 Å². The van der Waals surface area contributed by atoms with Crippen molar-refractivity contribution < 1.29 is 9.59 Å². The number of halogens is 1. The van der Waals surface area contributed by atoms with Crippen LogP contribution < -0.4 is 5.32 Å². The summed E-state index contributed by atoms with van der Waals surface area (Å²) in [6.07, 6.45) is 0.190. The number of amides is 2. The number of nitrogens with one attached hydrogen (secondary N) is 1. The zero-order chi connectivity index (χ0) is 20.6. The molecular formula is C24H23BrN2O2. The van der Waals surface area contributed by atoms with Gasteiger partial charge >= 0.3 is 0 Å². The van der Waals surface area contributed by atoms with E-state index in [1.807, 2.05) is 72.8 Å². The number of carbonyl (C=O) groups excluding carboxylic acids is 2. The molecule has 0 heterocycles. The molecule has 0 fully saturated rings. The fraction of sp³-hybridized carbons (Fsp3) is 0.167. The van der Waals surface area contributed by atoms with Crippen molar-refractivity contribution in [1.82, 2.24) is 10.2 Å². The van der Waals surface area contributed by atoms with Gasteiger partial charge in [-0.15, -0.1) is 0 Å². The Kier molecular flexibility index (Phi) is 7.19. The van der Waals surface area contributed by atoms with E-state index in [0.29, 0.717) is 12.1 Å². The van der Waals surface area contributed by atoms with Crippen molar-refractivity contribution in [1.29, 1.82) is 0 Å². The molecule has 0 aliphatic heterocycles. The summed E-state index contributed by atoms with van der Waals surface area (Å²) in [6, 6.07) is 26.1. The van der Waals surface area contributed by atoms with Crippen LogP contribution in [-0.4, -0.2) is 23.8 Å². The Balaban J connectivity index is 1.71. The van der Waals surface area contributed by atoms with E-state index in [2.05, 4.69) is 21.2 Å². The summed E-state index contributed by atoms with van der Waals surface area (Å²) >= 11 is 3.42. The third-order valence-corrected chi connectivity index (χ3v) is 5.21. The molecule has 29 heavy (non-hydrogen) atoms. The van der Waals surface area contributed by atoms with Crippen LogP contribution in [0, 0.1) is 0 Å². The van der Waals surface area contributed by atoms with Crippen molar-refractivity contribution in [2.24, 2.45) is 0 Å². The summed E-state index contributed by atoms with van der Waals surface area (Å²) in [6.45, 7) is 0.514. The molecule has 4 nitrogen and oxygen atoms in total. The normalized spacial score (nSPS) is 11.5. The van der Waals surface area contributed by atoms with Crippen molar-refractivity contribution in [2.75, 3.05) is 7.05 Å². The second-order valence-electron chi connectivity index (χ2n) is 6.88. The zero-order valence-electron chi connectivity index (χ0n) is 16.2. The predicted octanol–water partition coefficient (Wildman–Crippen LogP) is 4.97. The fourth-order valence-corrected chi connectivity index (χ4v) is 3.32. The molecule has 148 valence electrons. The number of hydrogen-bond acceptors (Lipinski definition) is 2. The van der Waals surface area contributed by atoms with E-state index < -0.39 is 6.04 Å². The third kappa shape index (κ3) is 6.03. The van der Waals surface area contributed by atoms with E-state index in [9.17, 15) is 9.59 Å². The van der Waals surface area contributed by atoms with Crippen LogP contribution in [0.1, 0.15) is 33.9 Å². The molecule has 3 aromatic carbocycles. The van der Waals surface area contributed by atoms with Crippen LogP contribution in [0.25, 0.3) is 0 Å². The third-order valence-electron chi connectivity index (χ3n) is 4.68. The first-order valence-electron chi connectivity index (χ1n) is 9.42. The SMILES string of the molecule is CN(Cc1ccc(Br)cc1)C(=O)CC(NC(=O)c1ccccc1)c1ccccc1. The van der Waals surface area contributed by atoms with Crippen LogP contribution >= 0.6 is 15.9 Å². The highest BCUT2D eigenvalue weighted by molar-refractivity contribution is 9.10. The van der Waals surface area contributed by atoms with Crippen molar-refractivity contribution in [3.63, 3.8) is 0 Å². The van der Waals surface area contributed by atoms with E-state index in [4.69, 9.17) is 0 Å². The summed E-state index contributed by atoms with van der Waals surface area (Å²) in [5.41, 5.74) is 2.53. The lowest BCUT2D eigenvalue weighted by Gasteiger charge is -2.23. The topological polar surface area (TPSA) is 49.4 Å². The molecule has 3 rings (SSSR count). The molecular weight excluding hydrogens is 428 g/mol. The van der Waals surface area contributed by atoms with E-state index >= 15 is 0 Å². The van der Waals surface area contributed by atoms with Gasteiger partial charge in [0.25, 0.3) is 5.91 Å².